The zero-order valence-electron chi connectivity index (χ0n) is 10.1. The molecule has 1 atom stereocenters. The fraction of sp³-hybridized carbons (Fsp3) is 0.385. The predicted molar refractivity (Wildman–Crippen MR) is 67.1 cm³/mol. The van der Waals surface area contributed by atoms with Crippen LogP contribution in [0.1, 0.15) is 36.2 Å². The van der Waals surface area contributed by atoms with Gasteiger partial charge in [-0.3, -0.25) is 4.57 Å². The SMILES string of the molecule is NC1CCCc2nnc(Cc3cccc(O)c3)n21. The van der Waals surface area contributed by atoms with Gasteiger partial charge in [0.2, 0.25) is 0 Å². The standard InChI is InChI=1S/C13H16N4O/c14-11-5-2-6-12-15-16-13(17(11)12)8-9-3-1-4-10(18)7-9/h1,3-4,7,11,18H,2,5-6,8,14H2. The van der Waals surface area contributed by atoms with Crippen molar-refractivity contribution >= 4 is 0 Å². The van der Waals surface area contributed by atoms with Gasteiger partial charge in [0.15, 0.2) is 0 Å². The summed E-state index contributed by atoms with van der Waals surface area (Å²) in [7, 11) is 0. The number of phenolic OH excluding ortho intramolecular Hbond substituents is 1. The first-order valence-electron chi connectivity index (χ1n) is 6.20. The van der Waals surface area contributed by atoms with Gasteiger partial charge in [-0.05, 0) is 30.5 Å². The van der Waals surface area contributed by atoms with E-state index in [-0.39, 0.29) is 11.9 Å². The molecule has 0 fully saturated rings. The van der Waals surface area contributed by atoms with Gasteiger partial charge in [-0.1, -0.05) is 12.1 Å². The summed E-state index contributed by atoms with van der Waals surface area (Å²) < 4.78 is 2.04. The number of nitrogens with zero attached hydrogens (tertiary/aromatic N) is 3. The topological polar surface area (TPSA) is 77.0 Å². The van der Waals surface area contributed by atoms with Crippen LogP contribution < -0.4 is 5.73 Å². The first-order chi connectivity index (χ1) is 8.74. The number of hydrogen-bond acceptors (Lipinski definition) is 4. The molecule has 0 bridgehead atoms. The van der Waals surface area contributed by atoms with E-state index in [1.807, 2.05) is 16.7 Å². The van der Waals surface area contributed by atoms with E-state index in [2.05, 4.69) is 10.2 Å². The summed E-state index contributed by atoms with van der Waals surface area (Å²) >= 11 is 0. The Morgan fingerprint density at radius 3 is 3.11 bits per heavy atom. The van der Waals surface area contributed by atoms with Gasteiger partial charge < -0.3 is 10.8 Å². The summed E-state index contributed by atoms with van der Waals surface area (Å²) in [5.41, 5.74) is 7.13. The fourth-order valence-corrected chi connectivity index (χ4v) is 2.48. The maximum absolute atomic E-state index is 9.46. The van der Waals surface area contributed by atoms with Crippen molar-refractivity contribution in [2.24, 2.45) is 5.73 Å². The summed E-state index contributed by atoms with van der Waals surface area (Å²) in [5, 5.41) is 17.9. The van der Waals surface area contributed by atoms with E-state index in [0.717, 1.165) is 36.5 Å². The van der Waals surface area contributed by atoms with Gasteiger partial charge >= 0.3 is 0 Å². The lowest BCUT2D eigenvalue weighted by Crippen LogP contribution is -2.26. The van der Waals surface area contributed by atoms with E-state index >= 15 is 0 Å². The maximum atomic E-state index is 9.46. The maximum Gasteiger partial charge on any atom is 0.138 e. The van der Waals surface area contributed by atoms with Crippen LogP contribution in [-0.4, -0.2) is 19.9 Å². The number of fused-ring (bicyclic) bond motifs is 1. The molecule has 3 N–H and O–H groups in total. The second-order valence-electron chi connectivity index (χ2n) is 4.71. The van der Waals surface area contributed by atoms with Crippen LogP contribution >= 0.6 is 0 Å². The molecule has 0 spiro atoms. The Balaban J connectivity index is 1.92. The quantitative estimate of drug-likeness (QED) is 0.836. The Hall–Kier alpha value is -1.88. The molecule has 1 aliphatic heterocycles. The van der Waals surface area contributed by atoms with Gasteiger partial charge in [0, 0.05) is 12.8 Å². The lowest BCUT2D eigenvalue weighted by molar-refractivity contribution is 0.399. The third kappa shape index (κ3) is 1.97. The van der Waals surface area contributed by atoms with Crippen LogP contribution in [0.5, 0.6) is 5.75 Å². The molecule has 5 heteroatoms. The Morgan fingerprint density at radius 2 is 2.28 bits per heavy atom. The van der Waals surface area contributed by atoms with E-state index < -0.39 is 0 Å². The van der Waals surface area contributed by atoms with Crippen molar-refractivity contribution in [1.29, 1.82) is 0 Å². The van der Waals surface area contributed by atoms with Gasteiger partial charge in [0.1, 0.15) is 17.4 Å². The number of hydrogen-bond donors (Lipinski definition) is 2. The molecular formula is C13H16N4O. The van der Waals surface area contributed by atoms with E-state index in [9.17, 15) is 5.11 Å². The molecule has 0 amide bonds. The number of nitrogens with two attached hydrogens (primary N) is 1. The summed E-state index contributed by atoms with van der Waals surface area (Å²) in [6.07, 6.45) is 3.62. The van der Waals surface area contributed by atoms with Crippen molar-refractivity contribution in [2.75, 3.05) is 0 Å². The molecule has 2 heterocycles. The molecule has 5 nitrogen and oxygen atoms in total. The molecular weight excluding hydrogens is 228 g/mol. The minimum atomic E-state index is -0.0175. The van der Waals surface area contributed by atoms with Gasteiger partial charge in [-0.2, -0.15) is 0 Å². The van der Waals surface area contributed by atoms with Crippen molar-refractivity contribution in [3.05, 3.63) is 41.5 Å². The highest BCUT2D eigenvalue weighted by atomic mass is 16.3. The number of aromatic nitrogens is 3. The Kier molecular flexibility index (Phi) is 2.76. The predicted octanol–water partition coefficient (Wildman–Crippen LogP) is 1.37. The highest BCUT2D eigenvalue weighted by molar-refractivity contribution is 5.29. The summed E-state index contributed by atoms with van der Waals surface area (Å²) in [5.74, 6) is 2.13. The number of rotatable bonds is 2. The average Bonchev–Trinajstić information content (AvgIpc) is 2.74. The average molecular weight is 244 g/mol. The Labute approximate surface area is 105 Å². The summed E-state index contributed by atoms with van der Waals surface area (Å²) in [4.78, 5) is 0. The van der Waals surface area contributed by atoms with Gasteiger partial charge in [0.25, 0.3) is 0 Å². The highest BCUT2D eigenvalue weighted by Crippen LogP contribution is 2.23. The third-order valence-corrected chi connectivity index (χ3v) is 3.34. The van der Waals surface area contributed by atoms with Crippen molar-refractivity contribution in [1.82, 2.24) is 14.8 Å². The third-order valence-electron chi connectivity index (χ3n) is 3.34. The van der Waals surface area contributed by atoms with Crippen molar-refractivity contribution in [3.8, 4) is 5.75 Å². The van der Waals surface area contributed by atoms with Crippen LogP contribution in [-0.2, 0) is 12.8 Å². The molecule has 0 aliphatic carbocycles. The monoisotopic (exact) mass is 244 g/mol. The number of benzene rings is 1. The molecule has 1 unspecified atom stereocenters. The molecule has 1 aromatic carbocycles. The fourth-order valence-electron chi connectivity index (χ4n) is 2.48. The number of aryl methyl sites for hydroxylation is 1. The smallest absolute Gasteiger partial charge is 0.138 e. The van der Waals surface area contributed by atoms with Gasteiger partial charge in [-0.25, -0.2) is 0 Å². The molecule has 0 saturated carbocycles. The Bertz CT molecular complexity index is 564. The number of aromatic hydroxyl groups is 1. The molecule has 3 rings (SSSR count). The van der Waals surface area contributed by atoms with Crippen LogP contribution in [0.15, 0.2) is 24.3 Å². The van der Waals surface area contributed by atoms with Crippen LogP contribution in [0.25, 0.3) is 0 Å². The second kappa shape index (κ2) is 4.42. The molecule has 18 heavy (non-hydrogen) atoms. The molecule has 1 aromatic heterocycles. The van der Waals surface area contributed by atoms with Crippen molar-refractivity contribution in [3.63, 3.8) is 0 Å². The molecule has 0 saturated heterocycles. The zero-order valence-corrected chi connectivity index (χ0v) is 10.1. The first-order valence-corrected chi connectivity index (χ1v) is 6.20. The van der Waals surface area contributed by atoms with Crippen LogP contribution in [0.4, 0.5) is 0 Å². The van der Waals surface area contributed by atoms with Crippen LogP contribution in [0.3, 0.4) is 0 Å². The Morgan fingerprint density at radius 1 is 1.39 bits per heavy atom. The van der Waals surface area contributed by atoms with E-state index in [0.29, 0.717) is 6.42 Å². The van der Waals surface area contributed by atoms with Gasteiger partial charge in [0.05, 0.1) is 6.17 Å². The lowest BCUT2D eigenvalue weighted by atomic mass is 10.1. The second-order valence-corrected chi connectivity index (χ2v) is 4.71. The summed E-state index contributed by atoms with van der Waals surface area (Å²) in [6, 6.07) is 7.21. The normalized spacial score (nSPS) is 18.6. The molecule has 2 aromatic rings. The van der Waals surface area contributed by atoms with Crippen LogP contribution in [0, 0.1) is 0 Å². The van der Waals surface area contributed by atoms with Gasteiger partial charge in [-0.15, -0.1) is 10.2 Å². The highest BCUT2D eigenvalue weighted by Gasteiger charge is 2.21. The minimum absolute atomic E-state index is 0.0175. The minimum Gasteiger partial charge on any atom is -0.508 e. The molecule has 1 aliphatic rings. The van der Waals surface area contributed by atoms with Crippen molar-refractivity contribution < 1.29 is 5.11 Å². The number of phenols is 1. The summed E-state index contributed by atoms with van der Waals surface area (Å²) in [6.45, 7) is 0. The van der Waals surface area contributed by atoms with E-state index in [1.165, 1.54) is 0 Å². The first kappa shape index (κ1) is 11.2. The van der Waals surface area contributed by atoms with E-state index in [1.54, 1.807) is 12.1 Å². The zero-order chi connectivity index (χ0) is 12.5. The molecule has 94 valence electrons. The van der Waals surface area contributed by atoms with Crippen molar-refractivity contribution in [2.45, 2.75) is 31.8 Å². The van der Waals surface area contributed by atoms with E-state index in [4.69, 9.17) is 5.73 Å². The van der Waals surface area contributed by atoms with Crippen LogP contribution in [0.2, 0.25) is 0 Å². The molecule has 0 radical (unpaired) electrons. The lowest BCUT2D eigenvalue weighted by Gasteiger charge is -2.22. The largest absolute Gasteiger partial charge is 0.508 e.